The van der Waals surface area contributed by atoms with Gasteiger partial charge in [-0.15, -0.1) is 0 Å². The molecule has 0 atom stereocenters. The molecule has 0 saturated carbocycles. The Hall–Kier alpha value is -2.36. The highest BCUT2D eigenvalue weighted by atomic mass is 35.5. The van der Waals surface area contributed by atoms with Crippen molar-refractivity contribution in [1.82, 2.24) is 14.9 Å². The number of rotatable bonds is 8. The molecular formula is C14H14ClN5O3S. The van der Waals surface area contributed by atoms with Crippen LogP contribution in [0.5, 0.6) is 0 Å². The van der Waals surface area contributed by atoms with Crippen LogP contribution >= 0.6 is 23.4 Å². The molecule has 8 nitrogen and oxygen atoms in total. The lowest BCUT2D eigenvalue weighted by Gasteiger charge is -2.20. The number of thioether (sulfide) groups is 1. The third-order valence-corrected chi connectivity index (χ3v) is 3.60. The van der Waals surface area contributed by atoms with Crippen LogP contribution in [0.4, 0.5) is 0 Å². The van der Waals surface area contributed by atoms with Crippen molar-refractivity contribution in [3.05, 3.63) is 16.9 Å². The lowest BCUT2D eigenvalue weighted by atomic mass is 10.3. The molecule has 1 amide bonds. The standard InChI is InChI=1S/C14H14ClN5O3S/c1-24-14-18-8-10(15)12(19-14)13(22)23-9-11(21)20(6-2-4-16)7-3-5-17/h8H,2-3,6-7,9H2,1H3. The Bertz CT molecular complexity index is 668. The van der Waals surface area contributed by atoms with Crippen LogP contribution in [-0.4, -0.2) is 52.7 Å². The maximum atomic E-state index is 12.1. The fourth-order valence-electron chi connectivity index (χ4n) is 1.61. The van der Waals surface area contributed by atoms with E-state index in [9.17, 15) is 9.59 Å². The fourth-order valence-corrected chi connectivity index (χ4v) is 2.12. The van der Waals surface area contributed by atoms with Crippen LogP contribution in [0.2, 0.25) is 5.02 Å². The highest BCUT2D eigenvalue weighted by Crippen LogP contribution is 2.17. The highest BCUT2D eigenvalue weighted by molar-refractivity contribution is 7.98. The van der Waals surface area contributed by atoms with Gasteiger partial charge in [-0.1, -0.05) is 23.4 Å². The molecule has 126 valence electrons. The molecule has 1 aromatic heterocycles. The number of halogens is 1. The fraction of sp³-hybridized carbons (Fsp3) is 0.429. The van der Waals surface area contributed by atoms with Crippen LogP contribution in [0.25, 0.3) is 0 Å². The number of aromatic nitrogens is 2. The van der Waals surface area contributed by atoms with Crippen molar-refractivity contribution in [3.63, 3.8) is 0 Å². The lowest BCUT2D eigenvalue weighted by Crippen LogP contribution is -2.36. The number of esters is 1. The van der Waals surface area contributed by atoms with Gasteiger partial charge in [-0.2, -0.15) is 10.5 Å². The Morgan fingerprint density at radius 1 is 1.33 bits per heavy atom. The third-order valence-electron chi connectivity index (χ3n) is 2.76. The average Bonchev–Trinajstić information content (AvgIpc) is 2.60. The minimum atomic E-state index is -0.841. The van der Waals surface area contributed by atoms with E-state index in [1.54, 1.807) is 6.26 Å². The summed E-state index contributed by atoms with van der Waals surface area (Å²) in [6.45, 7) is -0.191. The first-order valence-electron chi connectivity index (χ1n) is 6.78. The molecule has 0 unspecified atom stereocenters. The highest BCUT2D eigenvalue weighted by Gasteiger charge is 2.19. The van der Waals surface area contributed by atoms with Crippen LogP contribution in [0, 0.1) is 22.7 Å². The minimum Gasteiger partial charge on any atom is -0.451 e. The van der Waals surface area contributed by atoms with Crippen LogP contribution in [0.15, 0.2) is 11.4 Å². The zero-order chi connectivity index (χ0) is 17.9. The number of ether oxygens (including phenoxy) is 1. The summed E-state index contributed by atoms with van der Waals surface area (Å²) in [5.41, 5.74) is -0.121. The van der Waals surface area contributed by atoms with Gasteiger partial charge < -0.3 is 9.64 Å². The molecular weight excluding hydrogens is 354 g/mol. The van der Waals surface area contributed by atoms with Crippen molar-refractivity contribution in [2.45, 2.75) is 18.0 Å². The Balaban J connectivity index is 2.69. The van der Waals surface area contributed by atoms with Gasteiger partial charge in [0.05, 0.1) is 36.2 Å². The van der Waals surface area contributed by atoms with Crippen molar-refractivity contribution in [2.75, 3.05) is 26.0 Å². The monoisotopic (exact) mass is 367 g/mol. The van der Waals surface area contributed by atoms with Gasteiger partial charge in [0.2, 0.25) is 0 Å². The number of amides is 1. The molecule has 24 heavy (non-hydrogen) atoms. The van der Waals surface area contributed by atoms with Crippen molar-refractivity contribution in [2.24, 2.45) is 0 Å². The summed E-state index contributed by atoms with van der Waals surface area (Å²) in [4.78, 5) is 33.2. The van der Waals surface area contributed by atoms with Crippen molar-refractivity contribution >= 4 is 35.2 Å². The summed E-state index contributed by atoms with van der Waals surface area (Å²) in [6.07, 6.45) is 3.27. The first-order chi connectivity index (χ1) is 11.5. The maximum absolute atomic E-state index is 12.1. The smallest absolute Gasteiger partial charge is 0.359 e. The quantitative estimate of drug-likeness (QED) is 0.386. The molecule has 0 aromatic carbocycles. The largest absolute Gasteiger partial charge is 0.451 e. The molecule has 0 N–H and O–H groups in total. The van der Waals surface area contributed by atoms with Gasteiger partial charge in [0.1, 0.15) is 0 Å². The van der Waals surface area contributed by atoms with E-state index < -0.39 is 18.5 Å². The zero-order valence-corrected chi connectivity index (χ0v) is 14.4. The van der Waals surface area contributed by atoms with E-state index in [0.717, 1.165) is 0 Å². The number of hydrogen-bond acceptors (Lipinski definition) is 8. The molecule has 1 aromatic rings. The number of hydrogen-bond donors (Lipinski definition) is 0. The molecule has 0 spiro atoms. The minimum absolute atomic E-state index is 0.0241. The average molecular weight is 368 g/mol. The number of nitriles is 2. The molecule has 0 aliphatic rings. The van der Waals surface area contributed by atoms with E-state index in [-0.39, 0.29) is 36.6 Å². The zero-order valence-electron chi connectivity index (χ0n) is 12.9. The molecule has 1 heterocycles. The van der Waals surface area contributed by atoms with Crippen LogP contribution < -0.4 is 0 Å². The van der Waals surface area contributed by atoms with E-state index in [0.29, 0.717) is 5.16 Å². The van der Waals surface area contributed by atoms with E-state index >= 15 is 0 Å². The SMILES string of the molecule is CSc1ncc(Cl)c(C(=O)OCC(=O)N(CCC#N)CCC#N)n1. The topological polar surface area (TPSA) is 120 Å². The van der Waals surface area contributed by atoms with Crippen molar-refractivity contribution in [3.8, 4) is 12.1 Å². The molecule has 10 heteroatoms. The Kier molecular flexibility index (Phi) is 8.55. The second-order valence-corrected chi connectivity index (χ2v) is 5.51. The molecule has 0 bridgehead atoms. The molecule has 0 fully saturated rings. The van der Waals surface area contributed by atoms with Crippen LogP contribution in [-0.2, 0) is 9.53 Å². The van der Waals surface area contributed by atoms with Gasteiger partial charge in [-0.3, -0.25) is 4.79 Å². The Labute approximate surface area is 148 Å². The maximum Gasteiger partial charge on any atom is 0.359 e. The van der Waals surface area contributed by atoms with Crippen LogP contribution in [0.3, 0.4) is 0 Å². The van der Waals surface area contributed by atoms with E-state index in [2.05, 4.69) is 9.97 Å². The first kappa shape index (κ1) is 19.7. The van der Waals surface area contributed by atoms with E-state index in [4.69, 9.17) is 26.9 Å². The molecule has 1 rings (SSSR count). The predicted molar refractivity (Wildman–Crippen MR) is 86.1 cm³/mol. The summed E-state index contributed by atoms with van der Waals surface area (Å²) in [7, 11) is 0. The summed E-state index contributed by atoms with van der Waals surface area (Å²) in [5.74, 6) is -1.34. The second kappa shape index (κ2) is 10.4. The van der Waals surface area contributed by atoms with Gasteiger partial charge in [-0.25, -0.2) is 14.8 Å². The summed E-state index contributed by atoms with van der Waals surface area (Å²) in [5, 5.41) is 17.6. The van der Waals surface area contributed by atoms with Gasteiger partial charge >= 0.3 is 5.97 Å². The normalized spacial score (nSPS) is 9.67. The summed E-state index contributed by atoms with van der Waals surface area (Å²) >= 11 is 7.09. The molecule has 0 saturated heterocycles. The van der Waals surface area contributed by atoms with Gasteiger partial charge in [0.25, 0.3) is 5.91 Å². The number of nitrogens with zero attached hydrogens (tertiary/aromatic N) is 5. The van der Waals surface area contributed by atoms with Crippen molar-refractivity contribution in [1.29, 1.82) is 10.5 Å². The van der Waals surface area contributed by atoms with Crippen molar-refractivity contribution < 1.29 is 14.3 Å². The third kappa shape index (κ3) is 6.03. The van der Waals surface area contributed by atoms with Crippen LogP contribution in [0.1, 0.15) is 23.3 Å². The van der Waals surface area contributed by atoms with Gasteiger partial charge in [-0.05, 0) is 6.26 Å². The van der Waals surface area contributed by atoms with Gasteiger partial charge in [0.15, 0.2) is 17.5 Å². The molecule has 0 radical (unpaired) electrons. The summed E-state index contributed by atoms with van der Waals surface area (Å²) < 4.78 is 4.93. The van der Waals surface area contributed by atoms with E-state index in [1.807, 2.05) is 12.1 Å². The second-order valence-electron chi connectivity index (χ2n) is 4.33. The number of carbonyl (C=O) groups excluding carboxylic acids is 2. The predicted octanol–water partition coefficient (Wildman–Crippen LogP) is 1.66. The lowest BCUT2D eigenvalue weighted by molar-refractivity contribution is -0.134. The Morgan fingerprint density at radius 3 is 2.50 bits per heavy atom. The van der Waals surface area contributed by atoms with Gasteiger partial charge in [0, 0.05) is 13.1 Å². The molecule has 0 aliphatic carbocycles. The first-order valence-corrected chi connectivity index (χ1v) is 8.39. The molecule has 0 aliphatic heterocycles. The Morgan fingerprint density at radius 2 is 1.96 bits per heavy atom. The summed E-state index contributed by atoms with van der Waals surface area (Å²) in [6, 6.07) is 3.84. The van der Waals surface area contributed by atoms with E-state index in [1.165, 1.54) is 22.9 Å². The number of carbonyl (C=O) groups is 2.